The second-order valence-electron chi connectivity index (χ2n) is 5.33. The average Bonchev–Trinajstić information content (AvgIpc) is 2.00. The SMILES string of the molecule is CO[C@H](C1CC(C)(C)C1)[C@@H](C)S(N)(=O)=O. The summed E-state index contributed by atoms with van der Waals surface area (Å²) in [6.45, 7) is 5.98. The molecule has 0 bridgehead atoms. The van der Waals surface area contributed by atoms with Crippen LogP contribution in [-0.2, 0) is 14.8 Å². The largest absolute Gasteiger partial charge is 0.380 e. The van der Waals surface area contributed by atoms with Crippen LogP contribution in [0.2, 0.25) is 0 Å². The van der Waals surface area contributed by atoms with Crippen molar-refractivity contribution in [2.45, 2.75) is 45.0 Å². The van der Waals surface area contributed by atoms with Crippen LogP contribution in [0.25, 0.3) is 0 Å². The lowest BCUT2D eigenvalue weighted by Gasteiger charge is -2.47. The highest BCUT2D eigenvalue weighted by atomic mass is 32.2. The van der Waals surface area contributed by atoms with Crippen LogP contribution >= 0.6 is 0 Å². The fraction of sp³-hybridized carbons (Fsp3) is 1.00. The van der Waals surface area contributed by atoms with Crippen LogP contribution < -0.4 is 5.14 Å². The molecule has 1 aliphatic rings. The lowest BCUT2D eigenvalue weighted by atomic mass is 9.62. The average molecular weight is 235 g/mol. The first-order valence-electron chi connectivity index (χ1n) is 5.22. The van der Waals surface area contributed by atoms with Crippen molar-refractivity contribution in [3.63, 3.8) is 0 Å². The molecule has 0 amide bonds. The predicted octanol–water partition coefficient (Wildman–Crippen LogP) is 1.11. The first kappa shape index (κ1) is 12.9. The van der Waals surface area contributed by atoms with Gasteiger partial charge in [0.25, 0.3) is 0 Å². The molecule has 0 heterocycles. The summed E-state index contributed by atoms with van der Waals surface area (Å²) in [4.78, 5) is 0. The summed E-state index contributed by atoms with van der Waals surface area (Å²) in [5.41, 5.74) is 0.319. The molecular weight excluding hydrogens is 214 g/mol. The Kier molecular flexibility index (Phi) is 3.48. The maximum absolute atomic E-state index is 11.2. The van der Waals surface area contributed by atoms with Crippen LogP contribution in [-0.4, -0.2) is 26.9 Å². The minimum Gasteiger partial charge on any atom is -0.380 e. The summed E-state index contributed by atoms with van der Waals surface area (Å²) in [5.74, 6) is 0.318. The van der Waals surface area contributed by atoms with Crippen molar-refractivity contribution >= 4 is 10.0 Å². The molecule has 0 spiro atoms. The number of nitrogens with two attached hydrogens (primary N) is 1. The van der Waals surface area contributed by atoms with Gasteiger partial charge in [0.1, 0.15) is 0 Å². The third kappa shape index (κ3) is 2.92. The molecule has 0 aromatic carbocycles. The van der Waals surface area contributed by atoms with Crippen LogP contribution in [0, 0.1) is 11.3 Å². The first-order valence-corrected chi connectivity index (χ1v) is 6.83. The van der Waals surface area contributed by atoms with Crippen LogP contribution in [0.4, 0.5) is 0 Å². The highest BCUT2D eigenvalue weighted by Gasteiger charge is 2.44. The minimum atomic E-state index is -3.50. The maximum Gasteiger partial charge on any atom is 0.214 e. The molecule has 0 aromatic rings. The molecule has 5 heteroatoms. The van der Waals surface area contributed by atoms with E-state index in [1.807, 2.05) is 0 Å². The van der Waals surface area contributed by atoms with Gasteiger partial charge in [0.2, 0.25) is 10.0 Å². The summed E-state index contributed by atoms with van der Waals surface area (Å²) < 4.78 is 27.7. The molecular formula is C10H21NO3S. The Morgan fingerprint density at radius 2 is 1.87 bits per heavy atom. The fourth-order valence-corrected chi connectivity index (χ4v) is 3.25. The molecule has 1 rings (SSSR count). The molecule has 15 heavy (non-hydrogen) atoms. The molecule has 0 aromatic heterocycles. The molecule has 90 valence electrons. The highest BCUT2D eigenvalue weighted by molar-refractivity contribution is 7.89. The van der Waals surface area contributed by atoms with Gasteiger partial charge < -0.3 is 4.74 Å². The smallest absolute Gasteiger partial charge is 0.214 e. The van der Waals surface area contributed by atoms with Gasteiger partial charge in [-0.2, -0.15) is 0 Å². The Balaban J connectivity index is 2.66. The maximum atomic E-state index is 11.2. The standard InChI is InChI=1S/C10H21NO3S/c1-7(15(11,12)13)9(14-4)8-5-10(2,3)6-8/h7-9H,5-6H2,1-4H3,(H2,11,12,13)/t7-,9+/m1/s1. The Morgan fingerprint density at radius 3 is 2.13 bits per heavy atom. The molecule has 0 radical (unpaired) electrons. The van der Waals surface area contributed by atoms with Crippen molar-refractivity contribution in [1.29, 1.82) is 0 Å². The summed E-state index contributed by atoms with van der Waals surface area (Å²) in [7, 11) is -1.94. The van der Waals surface area contributed by atoms with Crippen LogP contribution in [0.15, 0.2) is 0 Å². The number of primary sulfonamides is 1. The lowest BCUT2D eigenvalue weighted by Crippen LogP contribution is -2.48. The van der Waals surface area contributed by atoms with Crippen molar-refractivity contribution < 1.29 is 13.2 Å². The van der Waals surface area contributed by atoms with Gasteiger partial charge in [-0.1, -0.05) is 13.8 Å². The highest BCUT2D eigenvalue weighted by Crippen LogP contribution is 2.47. The van der Waals surface area contributed by atoms with Crippen molar-refractivity contribution in [2.24, 2.45) is 16.5 Å². The Bertz CT molecular complexity index is 316. The molecule has 1 fully saturated rings. The second-order valence-corrected chi connectivity index (χ2v) is 7.25. The first-order chi connectivity index (χ1) is 6.67. The summed E-state index contributed by atoms with van der Waals surface area (Å²) in [5, 5.41) is 4.51. The molecule has 0 aliphatic heterocycles. The van der Waals surface area contributed by atoms with E-state index in [4.69, 9.17) is 9.88 Å². The summed E-state index contributed by atoms with van der Waals surface area (Å²) in [6, 6.07) is 0. The van der Waals surface area contributed by atoms with Crippen LogP contribution in [0.5, 0.6) is 0 Å². The van der Waals surface area contributed by atoms with Crippen LogP contribution in [0.1, 0.15) is 33.6 Å². The molecule has 0 unspecified atom stereocenters. The number of sulfonamides is 1. The predicted molar refractivity (Wildman–Crippen MR) is 59.9 cm³/mol. The zero-order chi connectivity index (χ0) is 11.9. The van der Waals surface area contributed by atoms with Crippen LogP contribution in [0.3, 0.4) is 0 Å². The zero-order valence-electron chi connectivity index (χ0n) is 9.86. The van der Waals surface area contributed by atoms with E-state index in [1.165, 1.54) is 0 Å². The second kappa shape index (κ2) is 4.03. The van der Waals surface area contributed by atoms with Crippen molar-refractivity contribution in [3.8, 4) is 0 Å². The topological polar surface area (TPSA) is 69.4 Å². The van der Waals surface area contributed by atoms with E-state index in [0.717, 1.165) is 12.8 Å². The molecule has 2 atom stereocenters. The van der Waals surface area contributed by atoms with E-state index in [-0.39, 0.29) is 6.10 Å². The van der Waals surface area contributed by atoms with Gasteiger partial charge in [0.15, 0.2) is 0 Å². The van der Waals surface area contributed by atoms with Crippen molar-refractivity contribution in [2.75, 3.05) is 7.11 Å². The fourth-order valence-electron chi connectivity index (χ4n) is 2.55. The lowest BCUT2D eigenvalue weighted by molar-refractivity contribution is -0.0368. The molecule has 2 N–H and O–H groups in total. The third-order valence-electron chi connectivity index (χ3n) is 3.35. The van der Waals surface area contributed by atoms with Gasteiger partial charge in [-0.05, 0) is 31.1 Å². The minimum absolute atomic E-state index is 0.270. The number of hydrogen-bond donors (Lipinski definition) is 1. The Labute approximate surface area is 92.2 Å². The van der Waals surface area contributed by atoms with Gasteiger partial charge in [-0.3, -0.25) is 0 Å². The van der Waals surface area contributed by atoms with E-state index in [9.17, 15) is 8.42 Å². The van der Waals surface area contributed by atoms with E-state index in [0.29, 0.717) is 11.3 Å². The molecule has 1 saturated carbocycles. The van der Waals surface area contributed by atoms with E-state index >= 15 is 0 Å². The molecule has 4 nitrogen and oxygen atoms in total. The monoisotopic (exact) mass is 235 g/mol. The normalized spacial score (nSPS) is 25.7. The molecule has 1 aliphatic carbocycles. The Hall–Kier alpha value is -0.130. The van der Waals surface area contributed by atoms with Crippen molar-refractivity contribution in [1.82, 2.24) is 0 Å². The van der Waals surface area contributed by atoms with Gasteiger partial charge in [0, 0.05) is 7.11 Å². The van der Waals surface area contributed by atoms with Gasteiger partial charge in [0.05, 0.1) is 11.4 Å². The number of hydrogen-bond acceptors (Lipinski definition) is 3. The number of ether oxygens (including phenoxy) is 1. The molecule has 0 saturated heterocycles. The number of methoxy groups -OCH3 is 1. The van der Waals surface area contributed by atoms with E-state index < -0.39 is 15.3 Å². The van der Waals surface area contributed by atoms with Gasteiger partial charge in [-0.15, -0.1) is 0 Å². The van der Waals surface area contributed by atoms with Crippen molar-refractivity contribution in [3.05, 3.63) is 0 Å². The zero-order valence-corrected chi connectivity index (χ0v) is 10.7. The van der Waals surface area contributed by atoms with E-state index in [1.54, 1.807) is 14.0 Å². The quantitative estimate of drug-likeness (QED) is 0.793. The Morgan fingerprint density at radius 1 is 1.40 bits per heavy atom. The number of rotatable bonds is 4. The third-order valence-corrected chi connectivity index (χ3v) is 4.65. The van der Waals surface area contributed by atoms with E-state index in [2.05, 4.69) is 13.8 Å². The summed E-state index contributed by atoms with van der Waals surface area (Å²) >= 11 is 0. The summed E-state index contributed by atoms with van der Waals surface area (Å²) in [6.07, 6.45) is 1.74. The van der Waals surface area contributed by atoms with Gasteiger partial charge in [-0.25, -0.2) is 13.6 Å². The van der Waals surface area contributed by atoms with Gasteiger partial charge >= 0.3 is 0 Å².